The van der Waals surface area contributed by atoms with Gasteiger partial charge in [-0.05, 0) is 42.5 Å². The summed E-state index contributed by atoms with van der Waals surface area (Å²) in [4.78, 5) is 12.6. The fourth-order valence-corrected chi connectivity index (χ4v) is 3.54. The van der Waals surface area contributed by atoms with E-state index >= 15 is 0 Å². The van der Waals surface area contributed by atoms with Gasteiger partial charge in [-0.25, -0.2) is 0 Å². The van der Waals surface area contributed by atoms with Crippen molar-refractivity contribution in [3.05, 3.63) is 59.6 Å². The van der Waals surface area contributed by atoms with Crippen LogP contribution in [0.1, 0.15) is 42.8 Å². The van der Waals surface area contributed by atoms with Crippen molar-refractivity contribution in [2.75, 3.05) is 0 Å². The summed E-state index contributed by atoms with van der Waals surface area (Å²) in [6.07, 6.45) is 5.71. The predicted octanol–water partition coefficient (Wildman–Crippen LogP) is 3.29. The molecule has 6 heteroatoms. The van der Waals surface area contributed by atoms with E-state index in [0.29, 0.717) is 18.2 Å². The molecule has 3 aromatic rings. The minimum Gasteiger partial charge on any atom is -0.419 e. The van der Waals surface area contributed by atoms with Gasteiger partial charge in [0.15, 0.2) is 0 Å². The third-order valence-electron chi connectivity index (χ3n) is 4.84. The zero-order valence-electron chi connectivity index (χ0n) is 14.8. The van der Waals surface area contributed by atoms with Gasteiger partial charge in [-0.1, -0.05) is 31.2 Å². The van der Waals surface area contributed by atoms with Crippen molar-refractivity contribution < 1.29 is 9.21 Å². The Bertz CT molecular complexity index is 912. The van der Waals surface area contributed by atoms with Crippen molar-refractivity contribution >= 4 is 5.91 Å². The monoisotopic (exact) mass is 350 g/mol. The van der Waals surface area contributed by atoms with Gasteiger partial charge in [0, 0.05) is 12.6 Å². The molecule has 0 radical (unpaired) electrons. The van der Waals surface area contributed by atoms with Gasteiger partial charge in [-0.15, -0.1) is 10.2 Å². The molecule has 1 atom stereocenters. The van der Waals surface area contributed by atoms with E-state index < -0.39 is 0 Å². The minimum absolute atomic E-state index is 0.0145. The van der Waals surface area contributed by atoms with Gasteiger partial charge in [0.1, 0.15) is 12.2 Å². The van der Waals surface area contributed by atoms with E-state index in [4.69, 9.17) is 4.42 Å². The molecule has 0 saturated heterocycles. The number of carbonyl (C=O) groups excluding carboxylic acids is 1. The third-order valence-corrected chi connectivity index (χ3v) is 4.84. The SMILES string of the molecule is CCc1nnc(-c2cccn2CC(=O)NC2CCCc3ccccc32)o1. The molecule has 4 rings (SSSR count). The lowest BCUT2D eigenvalue weighted by atomic mass is 9.88. The van der Waals surface area contributed by atoms with Crippen LogP contribution in [0.4, 0.5) is 0 Å². The lowest BCUT2D eigenvalue weighted by Crippen LogP contribution is -2.33. The van der Waals surface area contributed by atoms with Crippen molar-refractivity contribution in [1.29, 1.82) is 0 Å². The zero-order valence-corrected chi connectivity index (χ0v) is 14.8. The van der Waals surface area contributed by atoms with Crippen LogP contribution in [0.3, 0.4) is 0 Å². The van der Waals surface area contributed by atoms with E-state index in [9.17, 15) is 4.79 Å². The van der Waals surface area contributed by atoms with Crippen molar-refractivity contribution in [1.82, 2.24) is 20.1 Å². The van der Waals surface area contributed by atoms with Crippen LogP contribution in [0.25, 0.3) is 11.6 Å². The van der Waals surface area contributed by atoms with E-state index in [-0.39, 0.29) is 18.5 Å². The Hall–Kier alpha value is -2.89. The first-order valence-corrected chi connectivity index (χ1v) is 9.09. The molecule has 1 aliphatic rings. The highest BCUT2D eigenvalue weighted by Gasteiger charge is 2.22. The molecule has 0 fully saturated rings. The largest absolute Gasteiger partial charge is 0.419 e. The molecule has 0 saturated carbocycles. The quantitative estimate of drug-likeness (QED) is 0.766. The van der Waals surface area contributed by atoms with Crippen LogP contribution in [-0.2, 0) is 24.2 Å². The summed E-state index contributed by atoms with van der Waals surface area (Å²) >= 11 is 0. The highest BCUT2D eigenvalue weighted by molar-refractivity contribution is 5.77. The van der Waals surface area contributed by atoms with E-state index in [0.717, 1.165) is 25.0 Å². The summed E-state index contributed by atoms with van der Waals surface area (Å²) in [5.41, 5.74) is 3.34. The second-order valence-corrected chi connectivity index (χ2v) is 6.59. The fourth-order valence-electron chi connectivity index (χ4n) is 3.54. The Morgan fingerprint density at radius 1 is 1.27 bits per heavy atom. The van der Waals surface area contributed by atoms with E-state index in [1.54, 1.807) is 0 Å². The molecule has 1 unspecified atom stereocenters. The van der Waals surface area contributed by atoms with Crippen LogP contribution < -0.4 is 5.32 Å². The van der Waals surface area contributed by atoms with Gasteiger partial charge in [-0.2, -0.15) is 0 Å². The first-order chi connectivity index (χ1) is 12.7. The van der Waals surface area contributed by atoms with E-state index in [1.807, 2.05) is 35.9 Å². The molecule has 6 nitrogen and oxygen atoms in total. The molecule has 2 heterocycles. The summed E-state index contributed by atoms with van der Waals surface area (Å²) in [6, 6.07) is 12.2. The van der Waals surface area contributed by atoms with Gasteiger partial charge in [0.2, 0.25) is 11.8 Å². The highest BCUT2D eigenvalue weighted by Crippen LogP contribution is 2.29. The number of nitrogens with zero attached hydrogens (tertiary/aromatic N) is 3. The standard InChI is InChI=1S/C20H22N4O2/c1-2-19-22-23-20(26-19)17-11-6-12-24(17)13-18(25)21-16-10-5-8-14-7-3-4-9-15(14)16/h3-4,6-7,9,11-12,16H,2,5,8,10,13H2,1H3,(H,21,25). The molecule has 2 aromatic heterocycles. The first kappa shape index (κ1) is 16.6. The topological polar surface area (TPSA) is 73.0 Å². The molecule has 1 aromatic carbocycles. The lowest BCUT2D eigenvalue weighted by molar-refractivity contribution is -0.122. The molecule has 0 spiro atoms. The number of rotatable bonds is 5. The molecule has 1 aliphatic carbocycles. The number of benzene rings is 1. The summed E-state index contributed by atoms with van der Waals surface area (Å²) in [7, 11) is 0. The number of fused-ring (bicyclic) bond motifs is 1. The second-order valence-electron chi connectivity index (χ2n) is 6.59. The normalized spacial score (nSPS) is 16.3. The number of amides is 1. The van der Waals surface area contributed by atoms with Crippen LogP contribution in [0, 0.1) is 0 Å². The maximum absolute atomic E-state index is 12.6. The number of aromatic nitrogens is 3. The van der Waals surface area contributed by atoms with Crippen molar-refractivity contribution in [3.8, 4) is 11.6 Å². The van der Waals surface area contributed by atoms with Gasteiger partial charge in [0.05, 0.1) is 6.04 Å². The smallest absolute Gasteiger partial charge is 0.264 e. The fraction of sp³-hybridized carbons (Fsp3) is 0.350. The average molecular weight is 350 g/mol. The first-order valence-electron chi connectivity index (χ1n) is 9.09. The van der Waals surface area contributed by atoms with Gasteiger partial charge in [-0.3, -0.25) is 4.79 Å². The molecular formula is C20H22N4O2. The zero-order chi connectivity index (χ0) is 17.9. The maximum atomic E-state index is 12.6. The Morgan fingerprint density at radius 3 is 3.00 bits per heavy atom. The Labute approximate surface area is 152 Å². The van der Waals surface area contributed by atoms with Crippen molar-refractivity contribution in [2.24, 2.45) is 0 Å². The molecule has 0 aliphatic heterocycles. The van der Waals surface area contributed by atoms with Crippen LogP contribution in [0.2, 0.25) is 0 Å². The third kappa shape index (κ3) is 3.27. The number of carbonyl (C=O) groups is 1. The summed E-state index contributed by atoms with van der Waals surface area (Å²) in [5.74, 6) is 1.03. The molecule has 0 bridgehead atoms. The van der Waals surface area contributed by atoms with Crippen LogP contribution >= 0.6 is 0 Å². The Morgan fingerprint density at radius 2 is 2.15 bits per heavy atom. The van der Waals surface area contributed by atoms with Gasteiger partial charge in [0.25, 0.3) is 5.89 Å². The lowest BCUT2D eigenvalue weighted by Gasteiger charge is -2.26. The van der Waals surface area contributed by atoms with Crippen LogP contribution in [0.15, 0.2) is 47.0 Å². The number of hydrogen-bond acceptors (Lipinski definition) is 4. The van der Waals surface area contributed by atoms with Crippen LogP contribution in [0.5, 0.6) is 0 Å². The predicted molar refractivity (Wildman–Crippen MR) is 97.4 cm³/mol. The minimum atomic E-state index is -0.0145. The Kier molecular flexibility index (Phi) is 4.56. The average Bonchev–Trinajstić information content (AvgIpc) is 3.31. The Balaban J connectivity index is 1.48. The van der Waals surface area contributed by atoms with E-state index in [1.165, 1.54) is 11.1 Å². The summed E-state index contributed by atoms with van der Waals surface area (Å²) < 4.78 is 7.47. The second kappa shape index (κ2) is 7.15. The number of nitrogens with one attached hydrogen (secondary N) is 1. The highest BCUT2D eigenvalue weighted by atomic mass is 16.4. The van der Waals surface area contributed by atoms with Crippen molar-refractivity contribution in [2.45, 2.75) is 45.2 Å². The van der Waals surface area contributed by atoms with Crippen molar-refractivity contribution in [3.63, 3.8) is 0 Å². The van der Waals surface area contributed by atoms with Gasteiger partial charge >= 0.3 is 0 Å². The molecule has 134 valence electrons. The molecular weight excluding hydrogens is 328 g/mol. The molecule has 26 heavy (non-hydrogen) atoms. The number of hydrogen-bond donors (Lipinski definition) is 1. The summed E-state index contributed by atoms with van der Waals surface area (Å²) in [5, 5.41) is 11.3. The van der Waals surface area contributed by atoms with Gasteiger partial charge < -0.3 is 14.3 Å². The number of aryl methyl sites for hydroxylation is 2. The maximum Gasteiger partial charge on any atom is 0.264 e. The van der Waals surface area contributed by atoms with Crippen LogP contribution in [-0.4, -0.2) is 20.7 Å². The molecule has 1 amide bonds. The van der Waals surface area contributed by atoms with E-state index in [2.05, 4.69) is 33.7 Å². The molecule has 1 N–H and O–H groups in total. The summed E-state index contributed by atoms with van der Waals surface area (Å²) in [6.45, 7) is 2.19.